The summed E-state index contributed by atoms with van der Waals surface area (Å²) in [6, 6.07) is 4.03. The molecule has 1 N–H and O–H groups in total. The minimum Gasteiger partial charge on any atom is -0.379 e. The van der Waals surface area contributed by atoms with Crippen LogP contribution in [-0.2, 0) is 9.53 Å². The Bertz CT molecular complexity index is 424. The highest BCUT2D eigenvalue weighted by Crippen LogP contribution is 2.23. The van der Waals surface area contributed by atoms with Gasteiger partial charge in [-0.15, -0.1) is 0 Å². The first-order valence-corrected chi connectivity index (χ1v) is 6.56. The van der Waals surface area contributed by atoms with E-state index in [-0.39, 0.29) is 23.9 Å². The van der Waals surface area contributed by atoms with Crippen molar-refractivity contribution in [1.82, 2.24) is 15.2 Å². The van der Waals surface area contributed by atoms with Crippen molar-refractivity contribution in [3.63, 3.8) is 0 Å². The molecule has 5 heteroatoms. The van der Waals surface area contributed by atoms with Gasteiger partial charge in [-0.1, -0.05) is 0 Å². The maximum absolute atomic E-state index is 12.5. The minimum atomic E-state index is -0.0979. The standard InChI is InChI=1S/C14H21N3O2/c1-10(11-4-6-16-7-5-11)17(3)14(18)12-8-19-9-13(12)15-2/h4-7,10,12-13,15H,8-9H2,1-3H3. The topological polar surface area (TPSA) is 54.5 Å². The van der Waals surface area contributed by atoms with Gasteiger partial charge < -0.3 is 15.0 Å². The van der Waals surface area contributed by atoms with Gasteiger partial charge in [0.05, 0.1) is 25.2 Å². The average Bonchev–Trinajstić information content (AvgIpc) is 2.94. The van der Waals surface area contributed by atoms with Crippen LogP contribution in [0.3, 0.4) is 0 Å². The number of carbonyl (C=O) groups excluding carboxylic acids is 1. The number of nitrogens with one attached hydrogen (secondary N) is 1. The molecule has 3 unspecified atom stereocenters. The van der Waals surface area contributed by atoms with Crippen LogP contribution in [0.15, 0.2) is 24.5 Å². The van der Waals surface area contributed by atoms with Gasteiger partial charge in [-0.05, 0) is 31.7 Å². The van der Waals surface area contributed by atoms with Crippen LogP contribution >= 0.6 is 0 Å². The molecule has 19 heavy (non-hydrogen) atoms. The molecule has 5 nitrogen and oxygen atoms in total. The molecule has 0 aliphatic carbocycles. The van der Waals surface area contributed by atoms with E-state index >= 15 is 0 Å². The van der Waals surface area contributed by atoms with Gasteiger partial charge in [0.2, 0.25) is 5.91 Å². The quantitative estimate of drug-likeness (QED) is 0.874. The zero-order valence-electron chi connectivity index (χ0n) is 11.7. The molecule has 1 aromatic rings. The highest BCUT2D eigenvalue weighted by Gasteiger charge is 2.35. The Morgan fingerprint density at radius 3 is 2.79 bits per heavy atom. The molecule has 0 spiro atoms. The van der Waals surface area contributed by atoms with Crippen LogP contribution in [-0.4, -0.2) is 49.1 Å². The van der Waals surface area contributed by atoms with Crippen molar-refractivity contribution < 1.29 is 9.53 Å². The normalized spacial score (nSPS) is 24.2. The lowest BCUT2D eigenvalue weighted by atomic mass is 10.0. The molecule has 3 atom stereocenters. The SMILES string of the molecule is CNC1COCC1C(=O)N(C)C(C)c1ccncc1. The third-order valence-corrected chi connectivity index (χ3v) is 3.89. The monoisotopic (exact) mass is 263 g/mol. The maximum atomic E-state index is 12.5. The lowest BCUT2D eigenvalue weighted by Crippen LogP contribution is -2.44. The van der Waals surface area contributed by atoms with Gasteiger partial charge in [0.1, 0.15) is 0 Å². The van der Waals surface area contributed by atoms with Gasteiger partial charge in [0.25, 0.3) is 0 Å². The zero-order chi connectivity index (χ0) is 13.8. The minimum absolute atomic E-state index is 0.0357. The summed E-state index contributed by atoms with van der Waals surface area (Å²) in [4.78, 5) is 18.3. The maximum Gasteiger partial charge on any atom is 0.229 e. The fraction of sp³-hybridized carbons (Fsp3) is 0.571. The van der Waals surface area contributed by atoms with Crippen molar-refractivity contribution in [2.24, 2.45) is 5.92 Å². The van der Waals surface area contributed by atoms with Gasteiger partial charge in [0.15, 0.2) is 0 Å². The van der Waals surface area contributed by atoms with E-state index in [0.717, 1.165) is 5.56 Å². The predicted molar refractivity (Wildman–Crippen MR) is 72.6 cm³/mol. The number of hydrogen-bond acceptors (Lipinski definition) is 4. The smallest absolute Gasteiger partial charge is 0.229 e. The second kappa shape index (κ2) is 6.12. The van der Waals surface area contributed by atoms with Crippen molar-refractivity contribution in [3.05, 3.63) is 30.1 Å². The molecule has 0 aromatic carbocycles. The van der Waals surface area contributed by atoms with Crippen molar-refractivity contribution >= 4 is 5.91 Å². The molecule has 2 heterocycles. The Hall–Kier alpha value is -1.46. The Morgan fingerprint density at radius 1 is 1.47 bits per heavy atom. The number of carbonyl (C=O) groups is 1. The van der Waals surface area contributed by atoms with Crippen molar-refractivity contribution in [2.75, 3.05) is 27.3 Å². The molecular formula is C14H21N3O2. The van der Waals surface area contributed by atoms with Crippen LogP contribution in [0.2, 0.25) is 0 Å². The van der Waals surface area contributed by atoms with Crippen LogP contribution in [0, 0.1) is 5.92 Å². The van der Waals surface area contributed by atoms with Crippen LogP contribution in [0.25, 0.3) is 0 Å². The van der Waals surface area contributed by atoms with E-state index in [1.54, 1.807) is 17.3 Å². The van der Waals surface area contributed by atoms with E-state index in [4.69, 9.17) is 4.74 Å². The van der Waals surface area contributed by atoms with Gasteiger partial charge in [-0.3, -0.25) is 9.78 Å². The third-order valence-electron chi connectivity index (χ3n) is 3.89. The highest BCUT2D eigenvalue weighted by atomic mass is 16.5. The molecule has 1 fully saturated rings. The summed E-state index contributed by atoms with van der Waals surface area (Å²) < 4.78 is 5.40. The second-order valence-electron chi connectivity index (χ2n) is 4.94. The summed E-state index contributed by atoms with van der Waals surface area (Å²) in [5.41, 5.74) is 1.09. The first-order valence-electron chi connectivity index (χ1n) is 6.56. The molecule has 0 saturated carbocycles. The summed E-state index contributed by atoms with van der Waals surface area (Å²) >= 11 is 0. The molecule has 1 aliphatic rings. The summed E-state index contributed by atoms with van der Waals surface area (Å²) in [7, 11) is 3.71. The summed E-state index contributed by atoms with van der Waals surface area (Å²) in [5.74, 6) is 0.0282. The summed E-state index contributed by atoms with van der Waals surface area (Å²) in [6.07, 6.45) is 3.50. The van der Waals surface area contributed by atoms with E-state index < -0.39 is 0 Å². The van der Waals surface area contributed by atoms with Gasteiger partial charge in [-0.2, -0.15) is 0 Å². The third kappa shape index (κ3) is 2.93. The second-order valence-corrected chi connectivity index (χ2v) is 4.94. The van der Waals surface area contributed by atoms with E-state index in [9.17, 15) is 4.79 Å². The van der Waals surface area contributed by atoms with Crippen LogP contribution < -0.4 is 5.32 Å². The van der Waals surface area contributed by atoms with E-state index in [1.807, 2.05) is 33.2 Å². The van der Waals surface area contributed by atoms with Crippen molar-refractivity contribution in [2.45, 2.75) is 19.0 Å². The Labute approximate surface area is 114 Å². The molecule has 1 aromatic heterocycles. The van der Waals surface area contributed by atoms with Gasteiger partial charge in [-0.25, -0.2) is 0 Å². The number of hydrogen-bond donors (Lipinski definition) is 1. The Morgan fingerprint density at radius 2 is 2.16 bits per heavy atom. The Balaban J connectivity index is 2.06. The number of likely N-dealkylation sites (N-methyl/N-ethyl adjacent to an activating group) is 1. The number of nitrogens with zero attached hydrogens (tertiary/aromatic N) is 2. The number of ether oxygens (including phenoxy) is 1. The average molecular weight is 263 g/mol. The number of aromatic nitrogens is 1. The predicted octanol–water partition coefficient (Wildman–Crippen LogP) is 0.835. The molecule has 0 bridgehead atoms. The molecule has 2 rings (SSSR count). The first kappa shape index (κ1) is 14.0. The number of amides is 1. The molecule has 0 radical (unpaired) electrons. The highest BCUT2D eigenvalue weighted by molar-refractivity contribution is 5.80. The van der Waals surface area contributed by atoms with Crippen molar-refractivity contribution in [3.8, 4) is 0 Å². The Kier molecular flexibility index (Phi) is 4.50. The number of pyridine rings is 1. The van der Waals surface area contributed by atoms with Crippen molar-refractivity contribution in [1.29, 1.82) is 0 Å². The molecule has 104 valence electrons. The number of rotatable bonds is 4. The van der Waals surface area contributed by atoms with E-state index in [2.05, 4.69) is 10.3 Å². The zero-order valence-corrected chi connectivity index (χ0v) is 11.7. The van der Waals surface area contributed by atoms with Gasteiger partial charge in [0, 0.05) is 25.5 Å². The fourth-order valence-electron chi connectivity index (χ4n) is 2.40. The van der Waals surface area contributed by atoms with E-state index in [1.165, 1.54) is 0 Å². The van der Waals surface area contributed by atoms with E-state index in [0.29, 0.717) is 13.2 Å². The largest absolute Gasteiger partial charge is 0.379 e. The van der Waals surface area contributed by atoms with Crippen LogP contribution in [0.1, 0.15) is 18.5 Å². The fourth-order valence-corrected chi connectivity index (χ4v) is 2.40. The van der Waals surface area contributed by atoms with Crippen LogP contribution in [0.4, 0.5) is 0 Å². The summed E-state index contributed by atoms with van der Waals surface area (Å²) in [5, 5.41) is 3.15. The lowest BCUT2D eigenvalue weighted by Gasteiger charge is -2.29. The summed E-state index contributed by atoms with van der Waals surface area (Å²) in [6.45, 7) is 3.12. The van der Waals surface area contributed by atoms with Gasteiger partial charge >= 0.3 is 0 Å². The lowest BCUT2D eigenvalue weighted by molar-refractivity contribution is -0.136. The molecule has 1 aliphatic heterocycles. The molecular weight excluding hydrogens is 242 g/mol. The molecule has 1 amide bonds. The first-order chi connectivity index (χ1) is 9.15. The molecule has 1 saturated heterocycles. The van der Waals surface area contributed by atoms with Crippen LogP contribution in [0.5, 0.6) is 0 Å².